The minimum atomic E-state index is -0.242. The fraction of sp³-hybridized carbons (Fsp3) is 0.238. The first-order chi connectivity index (χ1) is 14.3. The zero-order valence-electron chi connectivity index (χ0n) is 16.5. The van der Waals surface area contributed by atoms with Crippen LogP contribution in [0.1, 0.15) is 32.1 Å². The third-order valence-electron chi connectivity index (χ3n) is 4.45. The average molecular weight is 463 g/mol. The molecule has 0 saturated heterocycles. The van der Waals surface area contributed by atoms with Crippen LogP contribution in [0.2, 0.25) is 10.0 Å². The molecule has 0 bridgehead atoms. The summed E-state index contributed by atoms with van der Waals surface area (Å²) in [5.41, 5.74) is 2.23. The van der Waals surface area contributed by atoms with Gasteiger partial charge in [0.05, 0.1) is 15.8 Å². The van der Waals surface area contributed by atoms with Crippen LogP contribution in [0.3, 0.4) is 0 Å². The van der Waals surface area contributed by atoms with E-state index in [0.29, 0.717) is 39.3 Å². The number of rotatable bonds is 8. The highest BCUT2D eigenvalue weighted by Crippen LogP contribution is 2.22. The zero-order valence-corrected chi connectivity index (χ0v) is 18.8. The van der Waals surface area contributed by atoms with Crippen LogP contribution in [0.25, 0.3) is 0 Å². The predicted molar refractivity (Wildman–Crippen MR) is 120 cm³/mol. The van der Waals surface area contributed by atoms with E-state index in [1.807, 2.05) is 42.8 Å². The van der Waals surface area contributed by atoms with Gasteiger partial charge in [0, 0.05) is 31.1 Å². The second-order valence-electron chi connectivity index (χ2n) is 6.67. The van der Waals surface area contributed by atoms with Gasteiger partial charge in [0.2, 0.25) is 0 Å². The number of amides is 1. The molecule has 0 atom stereocenters. The molecule has 1 N–H and O–H groups in total. The van der Waals surface area contributed by atoms with E-state index in [0.717, 1.165) is 11.4 Å². The smallest absolute Gasteiger partial charge is 0.251 e. The molecule has 0 aliphatic heterocycles. The number of hydrogen-bond donors (Lipinski definition) is 1. The zero-order chi connectivity index (χ0) is 21.7. The van der Waals surface area contributed by atoms with Crippen LogP contribution >= 0.6 is 35.0 Å². The van der Waals surface area contributed by atoms with Crippen LogP contribution in [-0.2, 0) is 13.5 Å². The summed E-state index contributed by atoms with van der Waals surface area (Å²) in [5.74, 6) is 0.797. The van der Waals surface area contributed by atoms with Crippen molar-refractivity contribution < 1.29 is 9.59 Å². The fourth-order valence-electron chi connectivity index (χ4n) is 2.67. The summed E-state index contributed by atoms with van der Waals surface area (Å²) in [6, 6.07) is 12.2. The van der Waals surface area contributed by atoms with Gasteiger partial charge in [0.1, 0.15) is 5.82 Å². The Labute approximate surface area is 189 Å². The van der Waals surface area contributed by atoms with Crippen LogP contribution in [0, 0.1) is 6.92 Å². The number of aromatic nitrogens is 3. The van der Waals surface area contributed by atoms with Crippen LogP contribution in [0.15, 0.2) is 47.6 Å². The lowest BCUT2D eigenvalue weighted by atomic mass is 10.1. The molecule has 0 fully saturated rings. The Morgan fingerprint density at radius 3 is 2.43 bits per heavy atom. The summed E-state index contributed by atoms with van der Waals surface area (Å²) in [7, 11) is 1.84. The second-order valence-corrected chi connectivity index (χ2v) is 8.43. The van der Waals surface area contributed by atoms with Crippen molar-refractivity contribution in [1.82, 2.24) is 20.1 Å². The van der Waals surface area contributed by atoms with Gasteiger partial charge in [-0.1, -0.05) is 64.8 Å². The Hall–Kier alpha value is -2.35. The predicted octanol–water partition coefficient (Wildman–Crippen LogP) is 4.38. The van der Waals surface area contributed by atoms with Gasteiger partial charge in [-0.3, -0.25) is 9.59 Å². The molecule has 2 aromatic carbocycles. The molecule has 0 saturated carbocycles. The van der Waals surface area contributed by atoms with Crippen molar-refractivity contribution in [1.29, 1.82) is 0 Å². The first-order valence-corrected chi connectivity index (χ1v) is 10.9. The van der Waals surface area contributed by atoms with E-state index in [2.05, 4.69) is 15.5 Å². The lowest BCUT2D eigenvalue weighted by Crippen LogP contribution is -2.26. The molecule has 1 amide bonds. The van der Waals surface area contributed by atoms with Crippen molar-refractivity contribution in [3.63, 3.8) is 0 Å². The van der Waals surface area contributed by atoms with Gasteiger partial charge >= 0.3 is 0 Å². The summed E-state index contributed by atoms with van der Waals surface area (Å²) in [5, 5.41) is 12.5. The minimum Gasteiger partial charge on any atom is -0.352 e. The number of carbonyl (C=O) groups excluding carboxylic acids is 2. The van der Waals surface area contributed by atoms with Gasteiger partial charge in [-0.15, -0.1) is 10.2 Å². The van der Waals surface area contributed by atoms with E-state index in [4.69, 9.17) is 23.2 Å². The van der Waals surface area contributed by atoms with E-state index in [1.54, 1.807) is 12.1 Å². The van der Waals surface area contributed by atoms with Crippen molar-refractivity contribution in [2.75, 3.05) is 12.3 Å². The van der Waals surface area contributed by atoms with Crippen LogP contribution < -0.4 is 5.32 Å². The quantitative estimate of drug-likeness (QED) is 0.397. The molecule has 0 unspecified atom stereocenters. The Bertz CT molecular complexity index is 1070. The molecule has 6 nitrogen and oxygen atoms in total. The lowest BCUT2D eigenvalue weighted by molar-refractivity contribution is 0.0953. The number of nitrogens with zero attached hydrogens (tertiary/aromatic N) is 3. The molecule has 0 spiro atoms. The molecule has 3 rings (SSSR count). The van der Waals surface area contributed by atoms with Gasteiger partial charge < -0.3 is 9.88 Å². The summed E-state index contributed by atoms with van der Waals surface area (Å²) >= 11 is 13.2. The standard InChI is InChI=1S/C21H20Cl2N4O2S/c1-13-3-5-14(6-4-13)18(28)12-30-21-26-25-19(27(21)2)9-10-24-20(29)15-7-8-16(22)17(23)11-15/h3-8,11H,9-10,12H2,1-2H3,(H,24,29). The number of Topliss-reactive ketones (excluding diaryl/α,β-unsaturated/α-hetero) is 1. The molecular weight excluding hydrogens is 443 g/mol. The second kappa shape index (κ2) is 10.1. The molecule has 1 aromatic heterocycles. The monoisotopic (exact) mass is 462 g/mol. The van der Waals surface area contributed by atoms with Crippen molar-refractivity contribution in [3.05, 3.63) is 75.0 Å². The third-order valence-corrected chi connectivity index (χ3v) is 6.21. The first kappa shape index (κ1) is 22.3. The van der Waals surface area contributed by atoms with Crippen LogP contribution in [-0.4, -0.2) is 38.8 Å². The average Bonchev–Trinajstić information content (AvgIpc) is 3.08. The normalized spacial score (nSPS) is 10.8. The number of carbonyl (C=O) groups is 2. The van der Waals surface area contributed by atoms with Crippen molar-refractivity contribution in [3.8, 4) is 0 Å². The van der Waals surface area contributed by atoms with Gasteiger partial charge in [-0.05, 0) is 25.1 Å². The summed E-state index contributed by atoms with van der Waals surface area (Å²) in [6.07, 6.45) is 0.503. The number of hydrogen-bond acceptors (Lipinski definition) is 5. The number of benzene rings is 2. The van der Waals surface area contributed by atoms with E-state index >= 15 is 0 Å². The number of nitrogens with one attached hydrogen (secondary N) is 1. The molecule has 9 heteroatoms. The molecule has 0 radical (unpaired) electrons. The Kier molecular flexibility index (Phi) is 7.53. The van der Waals surface area contributed by atoms with Crippen molar-refractivity contribution in [2.24, 2.45) is 7.05 Å². The molecular formula is C21H20Cl2N4O2S. The highest BCUT2D eigenvalue weighted by Gasteiger charge is 2.13. The SMILES string of the molecule is Cc1ccc(C(=O)CSc2nnc(CCNC(=O)c3ccc(Cl)c(Cl)c3)n2C)cc1. The van der Waals surface area contributed by atoms with Crippen LogP contribution in [0.5, 0.6) is 0 Å². The van der Waals surface area contributed by atoms with Crippen LogP contribution in [0.4, 0.5) is 0 Å². The molecule has 0 aliphatic rings. The molecule has 0 aliphatic carbocycles. The number of aryl methyl sites for hydroxylation is 1. The Morgan fingerprint density at radius 1 is 1.03 bits per heavy atom. The maximum absolute atomic E-state index is 12.3. The van der Waals surface area contributed by atoms with E-state index in [1.165, 1.54) is 17.8 Å². The van der Waals surface area contributed by atoms with E-state index < -0.39 is 0 Å². The minimum absolute atomic E-state index is 0.0402. The molecule has 156 valence electrons. The lowest BCUT2D eigenvalue weighted by Gasteiger charge is -2.07. The third kappa shape index (κ3) is 5.62. The summed E-state index contributed by atoms with van der Waals surface area (Å²) < 4.78 is 1.83. The molecule has 1 heterocycles. The van der Waals surface area contributed by atoms with E-state index in [-0.39, 0.29) is 17.4 Å². The highest BCUT2D eigenvalue weighted by atomic mass is 35.5. The van der Waals surface area contributed by atoms with E-state index in [9.17, 15) is 9.59 Å². The highest BCUT2D eigenvalue weighted by molar-refractivity contribution is 7.99. The number of halogens is 2. The van der Waals surface area contributed by atoms with Crippen molar-refractivity contribution >= 4 is 46.7 Å². The topological polar surface area (TPSA) is 76.9 Å². The van der Waals surface area contributed by atoms with Crippen molar-refractivity contribution in [2.45, 2.75) is 18.5 Å². The Balaban J connectivity index is 1.51. The maximum Gasteiger partial charge on any atom is 0.251 e. The summed E-state index contributed by atoms with van der Waals surface area (Å²) in [6.45, 7) is 2.37. The molecule has 30 heavy (non-hydrogen) atoms. The largest absolute Gasteiger partial charge is 0.352 e. The maximum atomic E-state index is 12.3. The molecule has 3 aromatic rings. The van der Waals surface area contributed by atoms with Gasteiger partial charge in [-0.2, -0.15) is 0 Å². The number of ketones is 1. The van der Waals surface area contributed by atoms with Gasteiger partial charge in [0.15, 0.2) is 10.9 Å². The van der Waals surface area contributed by atoms with Gasteiger partial charge in [-0.25, -0.2) is 0 Å². The van der Waals surface area contributed by atoms with Gasteiger partial charge in [0.25, 0.3) is 5.91 Å². The first-order valence-electron chi connectivity index (χ1n) is 9.19. The number of thioether (sulfide) groups is 1. The Morgan fingerprint density at radius 2 is 1.73 bits per heavy atom. The fourth-order valence-corrected chi connectivity index (χ4v) is 3.79. The summed E-state index contributed by atoms with van der Waals surface area (Å²) in [4.78, 5) is 24.6.